The fraction of sp³-hybridized carbons (Fsp3) is 0.824. The van der Waals surface area contributed by atoms with E-state index in [1.165, 1.54) is 9.80 Å². The number of barbiturate groups is 1. The summed E-state index contributed by atoms with van der Waals surface area (Å²) in [6.45, 7) is 7.40. The monoisotopic (exact) mass is 338 g/mol. The van der Waals surface area contributed by atoms with Crippen LogP contribution in [0.3, 0.4) is 0 Å². The Morgan fingerprint density at radius 3 is 1.83 bits per heavy atom. The summed E-state index contributed by atoms with van der Waals surface area (Å²) >= 11 is 0. The van der Waals surface area contributed by atoms with E-state index in [4.69, 9.17) is 9.47 Å². The molecule has 0 radical (unpaired) electrons. The van der Waals surface area contributed by atoms with Gasteiger partial charge in [0.05, 0.1) is 38.5 Å². The molecule has 7 nitrogen and oxygen atoms in total. The molecule has 0 spiro atoms. The Balaban J connectivity index is 1.95. The van der Waals surface area contributed by atoms with Crippen molar-refractivity contribution < 1.29 is 23.9 Å². The van der Waals surface area contributed by atoms with Gasteiger partial charge in [0.1, 0.15) is 5.41 Å². The fourth-order valence-corrected chi connectivity index (χ4v) is 3.72. The van der Waals surface area contributed by atoms with Crippen LogP contribution in [0.2, 0.25) is 0 Å². The zero-order valence-electron chi connectivity index (χ0n) is 14.6. The van der Waals surface area contributed by atoms with Gasteiger partial charge in [0.25, 0.3) is 0 Å². The van der Waals surface area contributed by atoms with Gasteiger partial charge in [0.2, 0.25) is 11.8 Å². The Bertz CT molecular complexity index is 505. The molecule has 24 heavy (non-hydrogen) atoms. The van der Waals surface area contributed by atoms with Crippen molar-refractivity contribution in [2.75, 3.05) is 26.3 Å². The van der Waals surface area contributed by atoms with Gasteiger partial charge in [-0.2, -0.15) is 0 Å². The van der Waals surface area contributed by atoms with Crippen molar-refractivity contribution >= 4 is 17.8 Å². The van der Waals surface area contributed by atoms with Gasteiger partial charge in [0, 0.05) is 0 Å². The SMILES string of the molecule is CCCC(C)C1(CC)C(=O)N(CC2CO2)C(=O)N(CC2CO2)C1=O. The lowest BCUT2D eigenvalue weighted by Gasteiger charge is -2.46. The van der Waals surface area contributed by atoms with Crippen LogP contribution in [0, 0.1) is 11.3 Å². The van der Waals surface area contributed by atoms with E-state index in [2.05, 4.69) is 0 Å². The van der Waals surface area contributed by atoms with Gasteiger partial charge in [-0.1, -0.05) is 27.2 Å². The number of ether oxygens (including phenoxy) is 2. The summed E-state index contributed by atoms with van der Waals surface area (Å²) in [5, 5.41) is 0. The van der Waals surface area contributed by atoms with Gasteiger partial charge in [0.15, 0.2) is 0 Å². The number of urea groups is 1. The summed E-state index contributed by atoms with van der Waals surface area (Å²) in [6.07, 6.45) is 1.85. The third kappa shape index (κ3) is 2.84. The van der Waals surface area contributed by atoms with E-state index < -0.39 is 11.4 Å². The van der Waals surface area contributed by atoms with Crippen LogP contribution in [-0.4, -0.2) is 66.2 Å². The van der Waals surface area contributed by atoms with Crippen LogP contribution in [0.1, 0.15) is 40.0 Å². The molecule has 7 heteroatoms. The molecule has 0 aromatic carbocycles. The van der Waals surface area contributed by atoms with E-state index in [0.29, 0.717) is 19.6 Å². The minimum absolute atomic E-state index is 0.0961. The molecule has 0 aliphatic carbocycles. The largest absolute Gasteiger partial charge is 0.371 e. The summed E-state index contributed by atoms with van der Waals surface area (Å²) in [6, 6.07) is -0.524. The molecule has 3 heterocycles. The molecule has 0 bridgehead atoms. The van der Waals surface area contributed by atoms with Crippen LogP contribution in [0.15, 0.2) is 0 Å². The van der Waals surface area contributed by atoms with Gasteiger partial charge in [-0.15, -0.1) is 0 Å². The quantitative estimate of drug-likeness (QED) is 0.493. The molecule has 0 saturated carbocycles. The average Bonchev–Trinajstić information content (AvgIpc) is 3.45. The Labute approximate surface area is 142 Å². The van der Waals surface area contributed by atoms with Gasteiger partial charge < -0.3 is 9.47 Å². The number of rotatable bonds is 8. The molecule has 3 aliphatic rings. The first-order valence-corrected chi connectivity index (χ1v) is 8.86. The predicted molar refractivity (Wildman–Crippen MR) is 85.1 cm³/mol. The highest BCUT2D eigenvalue weighted by atomic mass is 16.6. The molecule has 3 aliphatic heterocycles. The standard InChI is InChI=1S/C17H26N2O5/c1-4-6-11(3)17(5-2)14(20)18(7-12-9-23-12)16(22)19(15(17)21)8-13-10-24-13/h11-13H,4-10H2,1-3H3. The molecule has 3 unspecified atom stereocenters. The third-order valence-electron chi connectivity index (χ3n) is 5.41. The van der Waals surface area contributed by atoms with E-state index in [-0.39, 0.29) is 43.0 Å². The zero-order chi connectivity index (χ0) is 17.5. The minimum Gasteiger partial charge on any atom is -0.371 e. The normalized spacial score (nSPS) is 33.9. The summed E-state index contributed by atoms with van der Waals surface area (Å²) < 4.78 is 10.4. The maximum atomic E-state index is 13.2. The molecular weight excluding hydrogens is 312 g/mol. The van der Waals surface area contributed by atoms with E-state index >= 15 is 0 Å². The molecule has 0 aromatic heterocycles. The molecule has 4 amide bonds. The summed E-state index contributed by atoms with van der Waals surface area (Å²) in [5.41, 5.74) is -1.16. The van der Waals surface area contributed by atoms with Crippen LogP contribution in [-0.2, 0) is 19.1 Å². The molecule has 3 rings (SSSR count). The van der Waals surface area contributed by atoms with Crippen molar-refractivity contribution in [2.24, 2.45) is 11.3 Å². The molecule has 3 fully saturated rings. The lowest BCUT2D eigenvalue weighted by molar-refractivity contribution is -0.164. The third-order valence-corrected chi connectivity index (χ3v) is 5.41. The van der Waals surface area contributed by atoms with Crippen molar-refractivity contribution in [1.82, 2.24) is 9.80 Å². The molecule has 134 valence electrons. The molecule has 3 saturated heterocycles. The van der Waals surface area contributed by atoms with Gasteiger partial charge in [-0.25, -0.2) is 4.79 Å². The van der Waals surface area contributed by atoms with Crippen molar-refractivity contribution in [2.45, 2.75) is 52.2 Å². The topological polar surface area (TPSA) is 82.8 Å². The van der Waals surface area contributed by atoms with Gasteiger partial charge in [-0.3, -0.25) is 19.4 Å². The minimum atomic E-state index is -1.16. The number of carbonyl (C=O) groups excluding carboxylic acids is 3. The maximum absolute atomic E-state index is 13.2. The predicted octanol–water partition coefficient (Wildman–Crippen LogP) is 1.41. The van der Waals surface area contributed by atoms with E-state index in [9.17, 15) is 14.4 Å². The second kappa shape index (κ2) is 6.44. The Hall–Kier alpha value is -1.47. The number of nitrogens with zero attached hydrogens (tertiary/aromatic N) is 2. The molecule has 3 atom stereocenters. The van der Waals surface area contributed by atoms with Crippen molar-refractivity contribution in [3.05, 3.63) is 0 Å². The number of imide groups is 2. The van der Waals surface area contributed by atoms with Crippen molar-refractivity contribution in [1.29, 1.82) is 0 Å². The lowest BCUT2D eigenvalue weighted by Crippen LogP contribution is -2.67. The van der Waals surface area contributed by atoms with Gasteiger partial charge >= 0.3 is 6.03 Å². The second-order valence-electron chi connectivity index (χ2n) is 7.04. The fourth-order valence-electron chi connectivity index (χ4n) is 3.72. The number of amides is 4. The van der Waals surface area contributed by atoms with Crippen LogP contribution in [0.5, 0.6) is 0 Å². The Morgan fingerprint density at radius 2 is 1.50 bits per heavy atom. The van der Waals surface area contributed by atoms with E-state index in [1.54, 1.807) is 0 Å². The summed E-state index contributed by atoms with van der Waals surface area (Å²) in [7, 11) is 0. The Kier molecular flexibility index (Phi) is 4.66. The number of hydrogen-bond donors (Lipinski definition) is 0. The first-order valence-electron chi connectivity index (χ1n) is 8.86. The average molecular weight is 338 g/mol. The van der Waals surface area contributed by atoms with Crippen LogP contribution in [0.25, 0.3) is 0 Å². The van der Waals surface area contributed by atoms with Crippen LogP contribution >= 0.6 is 0 Å². The number of hydrogen-bond acceptors (Lipinski definition) is 5. The smallest absolute Gasteiger partial charge is 0.333 e. The van der Waals surface area contributed by atoms with Crippen molar-refractivity contribution in [3.8, 4) is 0 Å². The van der Waals surface area contributed by atoms with Crippen LogP contribution in [0.4, 0.5) is 4.79 Å². The lowest BCUT2D eigenvalue weighted by atomic mass is 9.69. The van der Waals surface area contributed by atoms with E-state index in [1.807, 2.05) is 20.8 Å². The first kappa shape index (κ1) is 17.4. The van der Waals surface area contributed by atoms with E-state index in [0.717, 1.165) is 12.8 Å². The van der Waals surface area contributed by atoms with Gasteiger partial charge in [-0.05, 0) is 18.8 Å². The maximum Gasteiger partial charge on any atom is 0.333 e. The first-order chi connectivity index (χ1) is 11.5. The highest BCUT2D eigenvalue weighted by molar-refractivity contribution is 6.19. The Morgan fingerprint density at radius 1 is 1.04 bits per heavy atom. The number of epoxide rings is 2. The summed E-state index contributed by atoms with van der Waals surface area (Å²) in [5.74, 6) is -0.834. The van der Waals surface area contributed by atoms with Crippen molar-refractivity contribution in [3.63, 3.8) is 0 Å². The van der Waals surface area contributed by atoms with Crippen LogP contribution < -0.4 is 0 Å². The highest BCUT2D eigenvalue weighted by Gasteiger charge is 2.59. The molecule has 0 N–H and O–H groups in total. The second-order valence-corrected chi connectivity index (χ2v) is 7.04. The zero-order valence-corrected chi connectivity index (χ0v) is 14.6. The number of carbonyl (C=O) groups is 3. The highest BCUT2D eigenvalue weighted by Crippen LogP contribution is 2.42. The summed E-state index contributed by atoms with van der Waals surface area (Å²) in [4.78, 5) is 41.6. The molecule has 0 aromatic rings. The molecular formula is C17H26N2O5.